The van der Waals surface area contributed by atoms with E-state index < -0.39 is 5.63 Å². The van der Waals surface area contributed by atoms with Gasteiger partial charge in [-0.15, -0.1) is 0 Å². The summed E-state index contributed by atoms with van der Waals surface area (Å²) in [6.07, 6.45) is -0.0513. The Bertz CT molecular complexity index is 1090. The minimum atomic E-state index is -0.540. The number of aryl methyl sites for hydroxylation is 1. The molecule has 1 aromatic heterocycles. The van der Waals surface area contributed by atoms with Crippen molar-refractivity contribution >= 4 is 22.8 Å². The van der Waals surface area contributed by atoms with E-state index >= 15 is 0 Å². The van der Waals surface area contributed by atoms with E-state index in [1.54, 1.807) is 24.0 Å². The Morgan fingerprint density at radius 2 is 1.82 bits per heavy atom. The molecule has 0 atom stereocenters. The highest BCUT2D eigenvalue weighted by molar-refractivity contribution is 5.90. The smallest absolute Gasteiger partial charge is 0.340 e. The minimum absolute atomic E-state index is 0.0170. The van der Waals surface area contributed by atoms with Crippen LogP contribution in [0.15, 0.2) is 21.3 Å². The second-order valence-corrected chi connectivity index (χ2v) is 8.68. The van der Waals surface area contributed by atoms with Crippen LogP contribution in [0.25, 0.3) is 11.0 Å². The molecule has 1 aromatic carbocycles. The van der Waals surface area contributed by atoms with Crippen molar-refractivity contribution in [3.8, 4) is 11.5 Å². The average molecular weight is 475 g/mol. The third-order valence-corrected chi connectivity index (χ3v) is 6.07. The van der Waals surface area contributed by atoms with Gasteiger partial charge in [0.15, 0.2) is 0 Å². The maximum atomic E-state index is 13.0. The van der Waals surface area contributed by atoms with Crippen molar-refractivity contribution in [2.24, 2.45) is 0 Å². The molecule has 0 unspecified atom stereocenters. The topological polar surface area (TPSA) is 105 Å². The number of methoxy groups -OCH3 is 2. The van der Waals surface area contributed by atoms with Crippen molar-refractivity contribution in [3.05, 3.63) is 33.7 Å². The first-order valence-electron chi connectivity index (χ1n) is 11.3. The van der Waals surface area contributed by atoms with Crippen molar-refractivity contribution in [3.63, 3.8) is 0 Å². The Morgan fingerprint density at radius 3 is 2.44 bits per heavy atom. The molecule has 10 heteroatoms. The van der Waals surface area contributed by atoms with E-state index in [-0.39, 0.29) is 18.2 Å². The van der Waals surface area contributed by atoms with E-state index in [2.05, 4.69) is 5.32 Å². The summed E-state index contributed by atoms with van der Waals surface area (Å²) in [6, 6.07) is 3.35. The summed E-state index contributed by atoms with van der Waals surface area (Å²) in [4.78, 5) is 43.6. The van der Waals surface area contributed by atoms with Crippen LogP contribution in [0.3, 0.4) is 0 Å². The van der Waals surface area contributed by atoms with Crippen LogP contribution in [0.1, 0.15) is 11.1 Å². The lowest BCUT2D eigenvalue weighted by Crippen LogP contribution is -2.51. The highest BCUT2D eigenvalue weighted by Gasteiger charge is 2.25. The molecule has 1 aliphatic rings. The standard InChI is InChI=1S/C24H34N4O6/c1-16-18(24(31)34-20-13-17(32-4)12-19(33-5)23(16)20)14-22(30)28-10-8-27(9-11-28)15-21(29)25-6-7-26(2)3/h12-13H,6-11,14-15H2,1-5H3,(H,25,29). The summed E-state index contributed by atoms with van der Waals surface area (Å²) in [7, 11) is 6.97. The molecule has 186 valence electrons. The lowest BCUT2D eigenvalue weighted by atomic mass is 10.0. The predicted octanol–water partition coefficient (Wildman–Crippen LogP) is 0.483. The molecule has 2 aromatic rings. The Hall–Kier alpha value is -3.11. The van der Waals surface area contributed by atoms with Gasteiger partial charge in [0.05, 0.1) is 38.1 Å². The van der Waals surface area contributed by atoms with E-state index in [1.807, 2.05) is 23.9 Å². The van der Waals surface area contributed by atoms with Crippen LogP contribution < -0.4 is 20.4 Å². The van der Waals surface area contributed by atoms with E-state index in [0.717, 1.165) is 6.54 Å². The minimum Gasteiger partial charge on any atom is -0.496 e. The number of carbonyl (C=O) groups is 2. The summed E-state index contributed by atoms with van der Waals surface area (Å²) in [5.74, 6) is 0.871. The molecule has 34 heavy (non-hydrogen) atoms. The lowest BCUT2D eigenvalue weighted by molar-refractivity contribution is -0.132. The zero-order valence-electron chi connectivity index (χ0n) is 20.6. The van der Waals surface area contributed by atoms with Gasteiger partial charge in [0, 0.05) is 51.4 Å². The van der Waals surface area contributed by atoms with Gasteiger partial charge in [-0.05, 0) is 26.6 Å². The molecule has 2 amide bonds. The zero-order valence-corrected chi connectivity index (χ0v) is 20.6. The number of hydrogen-bond acceptors (Lipinski definition) is 8. The molecular formula is C24H34N4O6. The van der Waals surface area contributed by atoms with Crippen LogP contribution in [0.5, 0.6) is 11.5 Å². The Labute approximate surface area is 199 Å². The van der Waals surface area contributed by atoms with E-state index in [0.29, 0.717) is 72.9 Å². The number of benzene rings is 1. The van der Waals surface area contributed by atoms with Crippen LogP contribution in [0, 0.1) is 6.92 Å². The Morgan fingerprint density at radius 1 is 1.12 bits per heavy atom. The van der Waals surface area contributed by atoms with Crippen molar-refractivity contribution in [2.45, 2.75) is 13.3 Å². The van der Waals surface area contributed by atoms with Crippen molar-refractivity contribution in [2.75, 3.05) is 74.1 Å². The molecule has 0 aliphatic carbocycles. The molecule has 0 radical (unpaired) electrons. The average Bonchev–Trinajstić information content (AvgIpc) is 2.80. The van der Waals surface area contributed by atoms with Crippen LogP contribution in [-0.4, -0.2) is 101 Å². The monoisotopic (exact) mass is 474 g/mol. The Kier molecular flexibility index (Phi) is 8.51. The van der Waals surface area contributed by atoms with Gasteiger partial charge in [-0.3, -0.25) is 14.5 Å². The molecule has 0 saturated carbocycles. The quantitative estimate of drug-likeness (QED) is 0.524. The van der Waals surface area contributed by atoms with Gasteiger partial charge in [0.25, 0.3) is 0 Å². The van der Waals surface area contributed by atoms with Gasteiger partial charge in [0.1, 0.15) is 17.1 Å². The van der Waals surface area contributed by atoms with E-state index in [1.165, 1.54) is 14.2 Å². The summed E-state index contributed by atoms with van der Waals surface area (Å²) >= 11 is 0. The third kappa shape index (κ3) is 6.06. The first-order chi connectivity index (χ1) is 16.2. The predicted molar refractivity (Wildman–Crippen MR) is 129 cm³/mol. The van der Waals surface area contributed by atoms with Crippen LogP contribution >= 0.6 is 0 Å². The second-order valence-electron chi connectivity index (χ2n) is 8.68. The maximum Gasteiger partial charge on any atom is 0.340 e. The first-order valence-corrected chi connectivity index (χ1v) is 11.3. The molecule has 1 saturated heterocycles. The molecule has 3 rings (SSSR count). The third-order valence-electron chi connectivity index (χ3n) is 6.07. The van der Waals surface area contributed by atoms with Crippen molar-refractivity contribution in [1.82, 2.24) is 20.0 Å². The number of carbonyl (C=O) groups excluding carboxylic acids is 2. The lowest BCUT2D eigenvalue weighted by Gasteiger charge is -2.34. The number of nitrogens with one attached hydrogen (secondary N) is 1. The van der Waals surface area contributed by atoms with Gasteiger partial charge in [-0.25, -0.2) is 4.79 Å². The number of fused-ring (bicyclic) bond motifs is 1. The highest BCUT2D eigenvalue weighted by atomic mass is 16.5. The van der Waals surface area contributed by atoms with Crippen LogP contribution in [0.4, 0.5) is 0 Å². The van der Waals surface area contributed by atoms with E-state index in [9.17, 15) is 14.4 Å². The largest absolute Gasteiger partial charge is 0.496 e. The molecule has 10 nitrogen and oxygen atoms in total. The number of nitrogens with zero attached hydrogens (tertiary/aromatic N) is 3. The maximum absolute atomic E-state index is 13.0. The first kappa shape index (κ1) is 25.5. The normalized spacial score (nSPS) is 14.5. The van der Waals surface area contributed by atoms with Gasteiger partial charge < -0.3 is 29.0 Å². The Balaban J connectivity index is 1.64. The van der Waals surface area contributed by atoms with Gasteiger partial charge in [-0.1, -0.05) is 0 Å². The summed E-state index contributed by atoms with van der Waals surface area (Å²) in [5.41, 5.74) is 0.796. The van der Waals surface area contributed by atoms with Gasteiger partial charge >= 0.3 is 5.63 Å². The molecule has 2 heterocycles. The SMILES string of the molecule is COc1cc(OC)c2c(C)c(CC(=O)N3CCN(CC(=O)NCCN(C)C)CC3)c(=O)oc2c1. The number of rotatable bonds is 9. The summed E-state index contributed by atoms with van der Waals surface area (Å²) in [6.45, 7) is 5.71. The van der Waals surface area contributed by atoms with Crippen molar-refractivity contribution < 1.29 is 23.5 Å². The zero-order chi connectivity index (χ0) is 24.8. The molecular weight excluding hydrogens is 440 g/mol. The van der Waals surface area contributed by atoms with Crippen LogP contribution in [0.2, 0.25) is 0 Å². The fourth-order valence-corrected chi connectivity index (χ4v) is 4.06. The number of ether oxygens (including phenoxy) is 2. The van der Waals surface area contributed by atoms with Gasteiger partial charge in [-0.2, -0.15) is 0 Å². The fraction of sp³-hybridized carbons (Fsp3) is 0.542. The molecule has 1 N–H and O–H groups in total. The number of piperazine rings is 1. The molecule has 1 aliphatic heterocycles. The summed E-state index contributed by atoms with van der Waals surface area (Å²) < 4.78 is 16.2. The molecule has 0 spiro atoms. The fourth-order valence-electron chi connectivity index (χ4n) is 4.06. The number of amides is 2. The summed E-state index contributed by atoms with van der Waals surface area (Å²) in [5, 5.41) is 3.55. The number of hydrogen-bond donors (Lipinski definition) is 1. The van der Waals surface area contributed by atoms with Crippen LogP contribution in [-0.2, 0) is 16.0 Å². The molecule has 1 fully saturated rings. The number of likely N-dealkylation sites (N-methyl/N-ethyl adjacent to an activating group) is 1. The van der Waals surface area contributed by atoms with Gasteiger partial charge in [0.2, 0.25) is 11.8 Å². The van der Waals surface area contributed by atoms with Crippen molar-refractivity contribution in [1.29, 1.82) is 0 Å². The highest BCUT2D eigenvalue weighted by Crippen LogP contribution is 2.33. The second kappa shape index (κ2) is 11.3. The van der Waals surface area contributed by atoms with E-state index in [4.69, 9.17) is 13.9 Å². The molecule has 0 bridgehead atoms.